The van der Waals surface area contributed by atoms with Crippen LogP contribution in [0.15, 0.2) is 42.5 Å². The Morgan fingerprint density at radius 2 is 1.80 bits per heavy atom. The van der Waals surface area contributed by atoms with E-state index in [0.29, 0.717) is 12.8 Å². The van der Waals surface area contributed by atoms with Crippen molar-refractivity contribution < 1.29 is 9.18 Å². The lowest BCUT2D eigenvalue weighted by Gasteiger charge is -2.09. The molecule has 0 fully saturated rings. The van der Waals surface area contributed by atoms with Gasteiger partial charge in [0.25, 0.3) is 0 Å². The van der Waals surface area contributed by atoms with Crippen LogP contribution in [0.25, 0.3) is 0 Å². The molecule has 0 spiro atoms. The molecule has 2 nitrogen and oxygen atoms in total. The molecule has 0 aliphatic rings. The van der Waals surface area contributed by atoms with Gasteiger partial charge in [-0.05, 0) is 55.2 Å². The average molecular weight is 271 g/mol. The summed E-state index contributed by atoms with van der Waals surface area (Å²) < 4.78 is 12.8. The van der Waals surface area contributed by atoms with E-state index >= 15 is 0 Å². The van der Waals surface area contributed by atoms with E-state index in [1.54, 1.807) is 12.1 Å². The van der Waals surface area contributed by atoms with Crippen LogP contribution in [-0.4, -0.2) is 5.91 Å². The Bertz CT molecular complexity index is 605. The fourth-order valence-corrected chi connectivity index (χ4v) is 1.99. The largest absolute Gasteiger partial charge is 0.326 e. The second-order valence-corrected chi connectivity index (χ2v) is 4.99. The van der Waals surface area contributed by atoms with E-state index in [4.69, 9.17) is 0 Å². The van der Waals surface area contributed by atoms with E-state index in [1.807, 2.05) is 32.0 Å². The lowest BCUT2D eigenvalue weighted by molar-refractivity contribution is -0.116. The molecule has 0 aromatic heterocycles. The molecule has 0 aliphatic heterocycles. The molecule has 0 heterocycles. The maximum absolute atomic E-state index is 12.8. The van der Waals surface area contributed by atoms with Crippen molar-refractivity contribution in [1.29, 1.82) is 0 Å². The third-order valence-corrected chi connectivity index (χ3v) is 3.22. The fourth-order valence-electron chi connectivity index (χ4n) is 1.99. The van der Waals surface area contributed by atoms with E-state index in [1.165, 1.54) is 12.1 Å². The van der Waals surface area contributed by atoms with E-state index in [2.05, 4.69) is 5.32 Å². The highest BCUT2D eigenvalue weighted by molar-refractivity contribution is 5.91. The Hall–Kier alpha value is -2.16. The molecule has 0 bridgehead atoms. The summed E-state index contributed by atoms with van der Waals surface area (Å²) in [6.45, 7) is 3.96. The molecule has 3 heteroatoms. The average Bonchev–Trinajstić information content (AvgIpc) is 2.42. The van der Waals surface area contributed by atoms with Gasteiger partial charge in [0.2, 0.25) is 5.91 Å². The monoisotopic (exact) mass is 271 g/mol. The first-order valence-corrected chi connectivity index (χ1v) is 6.66. The highest BCUT2D eigenvalue weighted by atomic mass is 19.1. The Morgan fingerprint density at radius 3 is 2.50 bits per heavy atom. The van der Waals surface area contributed by atoms with Gasteiger partial charge in [0.05, 0.1) is 0 Å². The molecule has 0 aliphatic carbocycles. The predicted molar refractivity (Wildman–Crippen MR) is 79.3 cm³/mol. The van der Waals surface area contributed by atoms with Crippen LogP contribution in [0.1, 0.15) is 23.1 Å². The number of anilines is 1. The van der Waals surface area contributed by atoms with Gasteiger partial charge in [0.15, 0.2) is 0 Å². The normalized spacial score (nSPS) is 10.3. The van der Waals surface area contributed by atoms with Crippen molar-refractivity contribution in [3.05, 3.63) is 65.0 Å². The topological polar surface area (TPSA) is 29.1 Å². The molecule has 0 atom stereocenters. The van der Waals surface area contributed by atoms with Crippen molar-refractivity contribution in [3.63, 3.8) is 0 Å². The number of nitrogens with one attached hydrogen (secondary N) is 1. The Kier molecular flexibility index (Phi) is 4.51. The Labute approximate surface area is 118 Å². The van der Waals surface area contributed by atoms with Gasteiger partial charge in [-0.3, -0.25) is 4.79 Å². The number of hydrogen-bond acceptors (Lipinski definition) is 1. The second kappa shape index (κ2) is 6.33. The van der Waals surface area contributed by atoms with Crippen molar-refractivity contribution in [2.24, 2.45) is 0 Å². The van der Waals surface area contributed by atoms with Crippen molar-refractivity contribution in [3.8, 4) is 0 Å². The second-order valence-electron chi connectivity index (χ2n) is 4.99. The summed E-state index contributed by atoms with van der Waals surface area (Å²) in [6, 6.07) is 12.2. The van der Waals surface area contributed by atoms with Crippen LogP contribution in [0.2, 0.25) is 0 Å². The summed E-state index contributed by atoms with van der Waals surface area (Å²) in [5.74, 6) is -0.281. The van der Waals surface area contributed by atoms with Crippen LogP contribution >= 0.6 is 0 Å². The summed E-state index contributed by atoms with van der Waals surface area (Å²) >= 11 is 0. The van der Waals surface area contributed by atoms with Gasteiger partial charge in [-0.25, -0.2) is 4.39 Å². The summed E-state index contributed by atoms with van der Waals surface area (Å²) in [4.78, 5) is 11.9. The molecule has 104 valence electrons. The van der Waals surface area contributed by atoms with Crippen LogP contribution < -0.4 is 5.32 Å². The minimum atomic E-state index is -0.256. The molecule has 0 saturated heterocycles. The van der Waals surface area contributed by atoms with Crippen molar-refractivity contribution in [1.82, 2.24) is 0 Å². The quantitative estimate of drug-likeness (QED) is 0.894. The SMILES string of the molecule is Cc1ccc(C)c(NC(=O)CCc2ccc(F)cc2)c1. The van der Waals surface area contributed by atoms with E-state index in [0.717, 1.165) is 22.4 Å². The summed E-state index contributed by atoms with van der Waals surface area (Å²) in [7, 11) is 0. The maximum Gasteiger partial charge on any atom is 0.224 e. The first kappa shape index (κ1) is 14.3. The third-order valence-electron chi connectivity index (χ3n) is 3.22. The van der Waals surface area contributed by atoms with E-state index in [-0.39, 0.29) is 11.7 Å². The molecule has 0 radical (unpaired) electrons. The maximum atomic E-state index is 12.8. The van der Waals surface area contributed by atoms with Gasteiger partial charge >= 0.3 is 0 Å². The molecule has 1 amide bonds. The van der Waals surface area contributed by atoms with Gasteiger partial charge < -0.3 is 5.32 Å². The number of carbonyl (C=O) groups excluding carboxylic acids is 1. The first-order chi connectivity index (χ1) is 9.54. The molecule has 0 unspecified atom stereocenters. The predicted octanol–water partition coefficient (Wildman–Crippen LogP) is 4.01. The van der Waals surface area contributed by atoms with Gasteiger partial charge in [-0.15, -0.1) is 0 Å². The molecular weight excluding hydrogens is 253 g/mol. The number of aryl methyl sites for hydroxylation is 3. The van der Waals surface area contributed by atoms with Crippen molar-refractivity contribution in [2.45, 2.75) is 26.7 Å². The Balaban J connectivity index is 1.92. The van der Waals surface area contributed by atoms with Gasteiger partial charge in [-0.2, -0.15) is 0 Å². The molecule has 2 rings (SSSR count). The van der Waals surface area contributed by atoms with Gasteiger partial charge in [0.1, 0.15) is 5.82 Å². The number of carbonyl (C=O) groups is 1. The summed E-state index contributed by atoms with van der Waals surface area (Å²) in [5.41, 5.74) is 3.98. The number of benzene rings is 2. The van der Waals surface area contributed by atoms with Crippen LogP contribution in [0.4, 0.5) is 10.1 Å². The molecule has 2 aromatic rings. The molecule has 0 saturated carbocycles. The first-order valence-electron chi connectivity index (χ1n) is 6.66. The van der Waals surface area contributed by atoms with Crippen LogP contribution in [0, 0.1) is 19.7 Å². The van der Waals surface area contributed by atoms with Crippen LogP contribution in [0.3, 0.4) is 0 Å². The minimum Gasteiger partial charge on any atom is -0.326 e. The zero-order valence-corrected chi connectivity index (χ0v) is 11.7. The zero-order valence-electron chi connectivity index (χ0n) is 11.7. The number of amides is 1. The lowest BCUT2D eigenvalue weighted by Crippen LogP contribution is -2.13. The standard InChI is InChI=1S/C17H18FNO/c1-12-3-4-13(2)16(11-12)19-17(20)10-7-14-5-8-15(18)9-6-14/h3-6,8-9,11H,7,10H2,1-2H3,(H,19,20). The molecule has 2 aromatic carbocycles. The number of rotatable bonds is 4. The number of halogens is 1. The molecular formula is C17H18FNO. The minimum absolute atomic E-state index is 0.0250. The van der Waals surface area contributed by atoms with E-state index < -0.39 is 0 Å². The molecule has 1 N–H and O–H groups in total. The van der Waals surface area contributed by atoms with E-state index in [9.17, 15) is 9.18 Å². The van der Waals surface area contributed by atoms with Gasteiger partial charge in [0, 0.05) is 12.1 Å². The third kappa shape index (κ3) is 3.92. The Morgan fingerprint density at radius 1 is 1.10 bits per heavy atom. The zero-order chi connectivity index (χ0) is 14.5. The van der Waals surface area contributed by atoms with Crippen LogP contribution in [-0.2, 0) is 11.2 Å². The van der Waals surface area contributed by atoms with Crippen LogP contribution in [0.5, 0.6) is 0 Å². The summed E-state index contributed by atoms with van der Waals surface area (Å²) in [6.07, 6.45) is 0.996. The fraction of sp³-hybridized carbons (Fsp3) is 0.235. The molecule has 20 heavy (non-hydrogen) atoms. The van der Waals surface area contributed by atoms with Crippen molar-refractivity contribution >= 4 is 11.6 Å². The highest BCUT2D eigenvalue weighted by Crippen LogP contribution is 2.17. The lowest BCUT2D eigenvalue weighted by atomic mass is 10.1. The van der Waals surface area contributed by atoms with Gasteiger partial charge in [-0.1, -0.05) is 24.3 Å². The summed E-state index contributed by atoms with van der Waals surface area (Å²) in [5, 5.41) is 2.92. The van der Waals surface area contributed by atoms with Crippen molar-refractivity contribution in [2.75, 3.05) is 5.32 Å². The highest BCUT2D eigenvalue weighted by Gasteiger charge is 2.05. The number of hydrogen-bond donors (Lipinski definition) is 1. The smallest absolute Gasteiger partial charge is 0.224 e.